The van der Waals surface area contributed by atoms with Crippen molar-refractivity contribution >= 4 is 11.4 Å². The largest absolute Gasteiger partial charge is 0.378 e. The van der Waals surface area contributed by atoms with Gasteiger partial charge >= 0.3 is 0 Å². The van der Waals surface area contributed by atoms with Crippen LogP contribution in [0.4, 0.5) is 0 Å². The number of carbonyl (C=O) groups excluding carboxylic acids is 1. The first-order chi connectivity index (χ1) is 8.34. The van der Waals surface area contributed by atoms with Gasteiger partial charge in [-0.15, -0.1) is 0 Å². The minimum atomic E-state index is 0.0667. The Morgan fingerprint density at radius 3 is 3.00 bits per heavy atom. The van der Waals surface area contributed by atoms with E-state index in [1.54, 1.807) is 12.5 Å². The van der Waals surface area contributed by atoms with Crippen LogP contribution in [-0.2, 0) is 4.74 Å². The number of ether oxygens (including phenoxy) is 1. The number of hydrogen-bond acceptors (Lipinski definition) is 3. The lowest BCUT2D eigenvalue weighted by Crippen LogP contribution is -2.40. The first kappa shape index (κ1) is 10.3. The molecule has 17 heavy (non-hydrogen) atoms. The van der Waals surface area contributed by atoms with Crippen LogP contribution in [0, 0.1) is 0 Å². The molecule has 3 rings (SSSR count). The van der Waals surface area contributed by atoms with E-state index in [0.717, 1.165) is 5.52 Å². The molecular weight excluding hydrogens is 218 g/mol. The van der Waals surface area contributed by atoms with Gasteiger partial charge in [0.05, 0.1) is 31.3 Å². The number of hydrogen-bond donors (Lipinski definition) is 0. The molecule has 0 aliphatic carbocycles. The van der Waals surface area contributed by atoms with E-state index in [0.29, 0.717) is 31.9 Å². The van der Waals surface area contributed by atoms with E-state index < -0.39 is 0 Å². The van der Waals surface area contributed by atoms with Crippen molar-refractivity contribution in [3.05, 3.63) is 36.4 Å². The molecule has 0 spiro atoms. The molecule has 0 unspecified atom stereocenters. The number of nitrogens with zero attached hydrogens (tertiary/aromatic N) is 3. The molecule has 0 bridgehead atoms. The highest BCUT2D eigenvalue weighted by molar-refractivity contribution is 5.95. The number of carbonyl (C=O) groups is 1. The van der Waals surface area contributed by atoms with Crippen LogP contribution in [0.1, 0.15) is 10.4 Å². The molecule has 2 aromatic rings. The second-order valence-corrected chi connectivity index (χ2v) is 4.05. The van der Waals surface area contributed by atoms with E-state index in [-0.39, 0.29) is 5.91 Å². The van der Waals surface area contributed by atoms with Gasteiger partial charge in [-0.25, -0.2) is 4.98 Å². The average Bonchev–Trinajstić information content (AvgIpc) is 2.86. The first-order valence-electron chi connectivity index (χ1n) is 5.63. The average molecular weight is 231 g/mol. The lowest BCUT2D eigenvalue weighted by molar-refractivity contribution is 0.0303. The van der Waals surface area contributed by atoms with E-state index in [4.69, 9.17) is 4.74 Å². The van der Waals surface area contributed by atoms with Crippen molar-refractivity contribution in [2.24, 2.45) is 0 Å². The van der Waals surface area contributed by atoms with Crippen LogP contribution in [0.2, 0.25) is 0 Å². The monoisotopic (exact) mass is 231 g/mol. The number of amides is 1. The van der Waals surface area contributed by atoms with E-state index in [2.05, 4.69) is 4.98 Å². The molecular formula is C12H13N3O2. The summed E-state index contributed by atoms with van der Waals surface area (Å²) in [5.74, 6) is 0.0667. The standard InChI is InChI=1S/C12H13N3O2/c16-12(14-3-5-17-6-4-14)10-1-2-15-9-13-8-11(15)7-10/h1-2,7-9H,3-6H2. The lowest BCUT2D eigenvalue weighted by atomic mass is 10.2. The van der Waals surface area contributed by atoms with Crippen molar-refractivity contribution in [2.75, 3.05) is 26.3 Å². The molecule has 5 heteroatoms. The molecule has 0 N–H and O–H groups in total. The van der Waals surface area contributed by atoms with Gasteiger partial charge in [-0.3, -0.25) is 4.79 Å². The van der Waals surface area contributed by atoms with E-state index in [1.807, 2.05) is 27.6 Å². The van der Waals surface area contributed by atoms with Crippen molar-refractivity contribution < 1.29 is 9.53 Å². The van der Waals surface area contributed by atoms with Gasteiger partial charge in [0.25, 0.3) is 5.91 Å². The Morgan fingerprint density at radius 2 is 2.18 bits per heavy atom. The van der Waals surface area contributed by atoms with E-state index in [1.165, 1.54) is 0 Å². The Balaban J connectivity index is 1.88. The number of rotatable bonds is 1. The van der Waals surface area contributed by atoms with Crippen LogP contribution in [0.5, 0.6) is 0 Å². The van der Waals surface area contributed by atoms with Crippen LogP contribution < -0.4 is 0 Å². The first-order valence-corrected chi connectivity index (χ1v) is 5.63. The molecule has 0 saturated carbocycles. The van der Waals surface area contributed by atoms with E-state index >= 15 is 0 Å². The molecule has 2 aromatic heterocycles. The maximum absolute atomic E-state index is 12.2. The number of imidazole rings is 1. The summed E-state index contributed by atoms with van der Waals surface area (Å²) in [5.41, 5.74) is 1.64. The Bertz CT molecular complexity index is 543. The SMILES string of the molecule is O=C(c1ccn2cncc2c1)N1CCOCC1. The molecule has 0 aromatic carbocycles. The fraction of sp³-hybridized carbons (Fsp3) is 0.333. The molecule has 0 radical (unpaired) electrons. The van der Waals surface area contributed by atoms with Gasteiger partial charge in [-0.1, -0.05) is 0 Å². The molecule has 88 valence electrons. The maximum atomic E-state index is 12.2. The number of pyridine rings is 1. The smallest absolute Gasteiger partial charge is 0.254 e. The summed E-state index contributed by atoms with van der Waals surface area (Å²) >= 11 is 0. The zero-order valence-corrected chi connectivity index (χ0v) is 9.37. The summed E-state index contributed by atoms with van der Waals surface area (Å²) in [7, 11) is 0. The maximum Gasteiger partial charge on any atom is 0.254 e. The quantitative estimate of drug-likeness (QED) is 0.729. The minimum absolute atomic E-state index is 0.0667. The third-order valence-electron chi connectivity index (χ3n) is 2.96. The second-order valence-electron chi connectivity index (χ2n) is 4.05. The predicted molar refractivity (Wildman–Crippen MR) is 61.9 cm³/mol. The summed E-state index contributed by atoms with van der Waals surface area (Å²) in [6, 6.07) is 3.69. The van der Waals surface area contributed by atoms with Gasteiger partial charge in [0, 0.05) is 24.8 Å². The van der Waals surface area contributed by atoms with Crippen LogP contribution in [-0.4, -0.2) is 46.5 Å². The fourth-order valence-electron chi connectivity index (χ4n) is 2.00. The van der Waals surface area contributed by atoms with Crippen LogP contribution in [0.25, 0.3) is 5.52 Å². The molecule has 0 atom stereocenters. The van der Waals surface area contributed by atoms with Crippen molar-refractivity contribution in [1.29, 1.82) is 0 Å². The molecule has 3 heterocycles. The minimum Gasteiger partial charge on any atom is -0.378 e. The van der Waals surface area contributed by atoms with E-state index in [9.17, 15) is 4.79 Å². The van der Waals surface area contributed by atoms with Gasteiger partial charge < -0.3 is 14.0 Å². The Morgan fingerprint density at radius 1 is 1.35 bits per heavy atom. The topological polar surface area (TPSA) is 46.8 Å². The molecule has 1 amide bonds. The number of aromatic nitrogens is 2. The molecule has 1 aliphatic rings. The third kappa shape index (κ3) is 1.89. The third-order valence-corrected chi connectivity index (χ3v) is 2.96. The second kappa shape index (κ2) is 4.18. The zero-order valence-electron chi connectivity index (χ0n) is 9.37. The zero-order chi connectivity index (χ0) is 11.7. The molecule has 5 nitrogen and oxygen atoms in total. The van der Waals surface area contributed by atoms with Gasteiger partial charge in [-0.2, -0.15) is 0 Å². The lowest BCUT2D eigenvalue weighted by Gasteiger charge is -2.26. The van der Waals surface area contributed by atoms with Gasteiger partial charge in [0.1, 0.15) is 0 Å². The van der Waals surface area contributed by atoms with Gasteiger partial charge in [0.2, 0.25) is 0 Å². The normalized spacial score (nSPS) is 16.4. The van der Waals surface area contributed by atoms with Crippen LogP contribution >= 0.6 is 0 Å². The van der Waals surface area contributed by atoms with Crippen molar-refractivity contribution in [2.45, 2.75) is 0 Å². The fourth-order valence-corrected chi connectivity index (χ4v) is 2.00. The summed E-state index contributed by atoms with van der Waals surface area (Å²) in [6.45, 7) is 2.59. The highest BCUT2D eigenvalue weighted by Crippen LogP contribution is 2.10. The Labute approximate surface area is 98.6 Å². The predicted octanol–water partition coefficient (Wildman–Crippen LogP) is 0.807. The molecule has 1 aliphatic heterocycles. The number of fused-ring (bicyclic) bond motifs is 1. The van der Waals surface area contributed by atoms with Gasteiger partial charge in [-0.05, 0) is 12.1 Å². The highest BCUT2D eigenvalue weighted by atomic mass is 16.5. The Hall–Kier alpha value is -1.88. The highest BCUT2D eigenvalue weighted by Gasteiger charge is 2.18. The summed E-state index contributed by atoms with van der Waals surface area (Å²) in [6.07, 6.45) is 5.32. The van der Waals surface area contributed by atoms with Gasteiger partial charge in [0.15, 0.2) is 0 Å². The number of morpholine rings is 1. The Kier molecular flexibility index (Phi) is 2.53. The molecule has 1 fully saturated rings. The summed E-state index contributed by atoms with van der Waals surface area (Å²) in [4.78, 5) is 18.1. The summed E-state index contributed by atoms with van der Waals surface area (Å²) < 4.78 is 7.12. The molecule has 1 saturated heterocycles. The van der Waals surface area contributed by atoms with Crippen LogP contribution in [0.3, 0.4) is 0 Å². The van der Waals surface area contributed by atoms with Crippen molar-refractivity contribution in [1.82, 2.24) is 14.3 Å². The van der Waals surface area contributed by atoms with Crippen molar-refractivity contribution in [3.8, 4) is 0 Å². The van der Waals surface area contributed by atoms with Crippen molar-refractivity contribution in [3.63, 3.8) is 0 Å². The van der Waals surface area contributed by atoms with Crippen LogP contribution in [0.15, 0.2) is 30.9 Å². The summed E-state index contributed by atoms with van der Waals surface area (Å²) in [5, 5.41) is 0.